The standard InChI is InChI=1S/C53H99NO8/c1-3-5-7-9-11-13-15-17-18-19-20-21-22-23-24-25-26-27-28-29-30-31-33-35-37-39-41-43-49(57)54-46(45-61-53-52(60)51(59)50(58)48(44-55)62-53)47(56)42-40-38-36-34-32-16-14-12-10-8-6-4-2/h23-24,32,34,40,42,46-48,50-53,55-56,58-60H,3-22,25-31,33,35-39,41,43-45H2,1-2H3,(H,54,57)/b24-23-,34-32+,42-40+. The molecule has 1 fully saturated rings. The minimum absolute atomic E-state index is 0.187. The van der Waals surface area contributed by atoms with Crippen LogP contribution in [0.2, 0.25) is 0 Å². The highest BCUT2D eigenvalue weighted by molar-refractivity contribution is 5.76. The number of carbonyl (C=O) groups excluding carboxylic acids is 1. The molecule has 7 unspecified atom stereocenters. The number of allylic oxidation sites excluding steroid dienone is 5. The lowest BCUT2D eigenvalue weighted by Crippen LogP contribution is -2.60. The average molecular weight is 878 g/mol. The fourth-order valence-electron chi connectivity index (χ4n) is 8.23. The van der Waals surface area contributed by atoms with Crippen LogP contribution >= 0.6 is 0 Å². The molecule has 1 aliphatic rings. The molecule has 1 rings (SSSR count). The first-order valence-corrected chi connectivity index (χ1v) is 26.2. The van der Waals surface area contributed by atoms with Crippen LogP contribution in [0.15, 0.2) is 36.5 Å². The molecule has 0 bridgehead atoms. The van der Waals surface area contributed by atoms with E-state index in [0.29, 0.717) is 6.42 Å². The summed E-state index contributed by atoms with van der Waals surface area (Å²) in [5, 5.41) is 54.2. The summed E-state index contributed by atoms with van der Waals surface area (Å²) in [4.78, 5) is 13.0. The van der Waals surface area contributed by atoms with Crippen molar-refractivity contribution >= 4 is 5.91 Å². The maximum atomic E-state index is 13.0. The van der Waals surface area contributed by atoms with Crippen molar-refractivity contribution in [2.24, 2.45) is 0 Å². The normalized spacial score (nSPS) is 20.5. The van der Waals surface area contributed by atoms with E-state index in [2.05, 4.69) is 43.5 Å². The van der Waals surface area contributed by atoms with Crippen LogP contribution in [0.25, 0.3) is 0 Å². The van der Waals surface area contributed by atoms with Crippen molar-refractivity contribution in [1.82, 2.24) is 5.32 Å². The molecule has 6 N–H and O–H groups in total. The predicted molar refractivity (Wildman–Crippen MR) is 258 cm³/mol. The third kappa shape index (κ3) is 33.0. The van der Waals surface area contributed by atoms with Crippen LogP contribution in [-0.4, -0.2) is 87.5 Å². The molecule has 1 aliphatic heterocycles. The number of nitrogens with one attached hydrogen (secondary N) is 1. The van der Waals surface area contributed by atoms with Gasteiger partial charge in [0.1, 0.15) is 24.4 Å². The van der Waals surface area contributed by atoms with Gasteiger partial charge in [-0.25, -0.2) is 0 Å². The zero-order chi connectivity index (χ0) is 45.1. The molecule has 0 aliphatic carbocycles. The Morgan fingerprint density at radius 3 is 1.35 bits per heavy atom. The second-order valence-electron chi connectivity index (χ2n) is 18.3. The van der Waals surface area contributed by atoms with E-state index in [9.17, 15) is 30.3 Å². The summed E-state index contributed by atoms with van der Waals surface area (Å²) in [6.45, 7) is 3.75. The summed E-state index contributed by atoms with van der Waals surface area (Å²) in [5.41, 5.74) is 0. The Balaban J connectivity index is 2.20. The van der Waals surface area contributed by atoms with Crippen LogP contribution in [0.3, 0.4) is 0 Å². The lowest BCUT2D eigenvalue weighted by molar-refractivity contribution is -0.302. The zero-order valence-electron chi connectivity index (χ0n) is 40.1. The van der Waals surface area contributed by atoms with Crippen molar-refractivity contribution < 1.29 is 39.8 Å². The van der Waals surface area contributed by atoms with Gasteiger partial charge in [0, 0.05) is 6.42 Å². The molecule has 0 aromatic rings. The Morgan fingerprint density at radius 2 is 0.919 bits per heavy atom. The Kier molecular flexibility index (Phi) is 40.8. The van der Waals surface area contributed by atoms with Gasteiger partial charge in [-0.2, -0.15) is 0 Å². The summed E-state index contributed by atoms with van der Waals surface area (Å²) in [5.74, 6) is -0.187. The second kappa shape index (κ2) is 43.3. The Hall–Kier alpha value is -1.59. The molecule has 0 aromatic heterocycles. The molecule has 0 aromatic carbocycles. The zero-order valence-corrected chi connectivity index (χ0v) is 40.1. The molecule has 0 saturated carbocycles. The summed E-state index contributed by atoms with van der Waals surface area (Å²) in [7, 11) is 0. The lowest BCUT2D eigenvalue weighted by Gasteiger charge is -2.40. The first-order chi connectivity index (χ1) is 30.3. The molecule has 9 nitrogen and oxygen atoms in total. The van der Waals surface area contributed by atoms with Gasteiger partial charge in [-0.15, -0.1) is 0 Å². The van der Waals surface area contributed by atoms with Gasteiger partial charge in [0.25, 0.3) is 0 Å². The number of carbonyl (C=O) groups is 1. The van der Waals surface area contributed by atoms with E-state index in [1.54, 1.807) is 6.08 Å². The van der Waals surface area contributed by atoms with E-state index >= 15 is 0 Å². The Bertz CT molecular complexity index is 1070. The van der Waals surface area contributed by atoms with Gasteiger partial charge < -0.3 is 40.3 Å². The predicted octanol–water partition coefficient (Wildman–Crippen LogP) is 12.0. The molecule has 1 saturated heterocycles. The minimum atomic E-state index is -1.57. The van der Waals surface area contributed by atoms with Crippen LogP contribution in [-0.2, 0) is 14.3 Å². The number of rotatable bonds is 44. The number of hydrogen-bond acceptors (Lipinski definition) is 8. The Morgan fingerprint density at radius 1 is 0.532 bits per heavy atom. The number of unbranched alkanes of at least 4 members (excludes halogenated alkanes) is 30. The summed E-state index contributed by atoms with van der Waals surface area (Å²) in [6, 6.07) is -0.820. The van der Waals surface area contributed by atoms with E-state index in [0.717, 1.165) is 38.5 Å². The summed E-state index contributed by atoms with van der Waals surface area (Å²) in [6.07, 6.45) is 47.9. The van der Waals surface area contributed by atoms with E-state index in [4.69, 9.17) is 9.47 Å². The molecular formula is C53H99NO8. The third-order valence-corrected chi connectivity index (χ3v) is 12.4. The SMILES string of the molecule is CCCCCCCC/C=C/CC/C=C/C(O)C(COC1OC(CO)C(O)C(O)C1O)NC(=O)CCCCCCCCCCCCC/C=C\CCCCCCCCCCCCCC. The van der Waals surface area contributed by atoms with Gasteiger partial charge in [0.15, 0.2) is 6.29 Å². The quantitative estimate of drug-likeness (QED) is 0.0262. The van der Waals surface area contributed by atoms with Gasteiger partial charge in [-0.05, 0) is 57.8 Å². The highest BCUT2D eigenvalue weighted by Crippen LogP contribution is 2.23. The van der Waals surface area contributed by atoms with E-state index in [1.807, 2.05) is 6.08 Å². The van der Waals surface area contributed by atoms with Crippen LogP contribution in [0.4, 0.5) is 0 Å². The lowest BCUT2D eigenvalue weighted by atomic mass is 9.99. The number of aliphatic hydroxyl groups is 5. The smallest absolute Gasteiger partial charge is 0.220 e. The van der Waals surface area contributed by atoms with E-state index in [1.165, 1.54) is 180 Å². The fraction of sp³-hybridized carbons (Fsp3) is 0.868. The highest BCUT2D eigenvalue weighted by atomic mass is 16.7. The molecule has 7 atom stereocenters. The van der Waals surface area contributed by atoms with Gasteiger partial charge in [0.2, 0.25) is 5.91 Å². The molecule has 9 heteroatoms. The van der Waals surface area contributed by atoms with E-state index < -0.39 is 49.5 Å². The van der Waals surface area contributed by atoms with Crippen LogP contribution < -0.4 is 5.32 Å². The average Bonchev–Trinajstić information content (AvgIpc) is 3.27. The monoisotopic (exact) mass is 878 g/mol. The molecule has 62 heavy (non-hydrogen) atoms. The van der Waals surface area contributed by atoms with Crippen molar-refractivity contribution in [2.45, 2.75) is 281 Å². The molecule has 1 amide bonds. The van der Waals surface area contributed by atoms with Crippen molar-refractivity contribution in [3.63, 3.8) is 0 Å². The largest absolute Gasteiger partial charge is 0.394 e. The number of hydrogen-bond donors (Lipinski definition) is 6. The molecule has 0 spiro atoms. The molecule has 1 heterocycles. The minimum Gasteiger partial charge on any atom is -0.394 e. The summed E-state index contributed by atoms with van der Waals surface area (Å²) < 4.78 is 11.2. The van der Waals surface area contributed by atoms with Crippen molar-refractivity contribution in [1.29, 1.82) is 0 Å². The first kappa shape index (κ1) is 58.4. The van der Waals surface area contributed by atoms with Gasteiger partial charge in [-0.3, -0.25) is 4.79 Å². The molecule has 0 radical (unpaired) electrons. The van der Waals surface area contributed by atoms with Gasteiger partial charge in [0.05, 0.1) is 25.4 Å². The third-order valence-electron chi connectivity index (χ3n) is 12.4. The van der Waals surface area contributed by atoms with Crippen molar-refractivity contribution in [3.05, 3.63) is 36.5 Å². The fourth-order valence-corrected chi connectivity index (χ4v) is 8.23. The van der Waals surface area contributed by atoms with Crippen LogP contribution in [0, 0.1) is 0 Å². The van der Waals surface area contributed by atoms with Crippen molar-refractivity contribution in [3.8, 4) is 0 Å². The van der Waals surface area contributed by atoms with Crippen molar-refractivity contribution in [2.75, 3.05) is 13.2 Å². The number of aliphatic hydroxyl groups excluding tert-OH is 5. The van der Waals surface area contributed by atoms with Gasteiger partial charge >= 0.3 is 0 Å². The van der Waals surface area contributed by atoms with Crippen LogP contribution in [0.5, 0.6) is 0 Å². The Labute approximate surface area is 381 Å². The highest BCUT2D eigenvalue weighted by Gasteiger charge is 2.44. The van der Waals surface area contributed by atoms with Crippen LogP contribution in [0.1, 0.15) is 239 Å². The molecule has 364 valence electrons. The summed E-state index contributed by atoms with van der Waals surface area (Å²) >= 11 is 0. The number of ether oxygens (including phenoxy) is 2. The van der Waals surface area contributed by atoms with E-state index in [-0.39, 0.29) is 12.5 Å². The maximum absolute atomic E-state index is 13.0. The molecular weight excluding hydrogens is 779 g/mol. The topological polar surface area (TPSA) is 149 Å². The van der Waals surface area contributed by atoms with Gasteiger partial charge in [-0.1, -0.05) is 211 Å². The maximum Gasteiger partial charge on any atom is 0.220 e. The second-order valence-corrected chi connectivity index (χ2v) is 18.3. The number of amides is 1. The first-order valence-electron chi connectivity index (χ1n) is 26.2.